The lowest BCUT2D eigenvalue weighted by Gasteiger charge is -2.07. The lowest BCUT2D eigenvalue weighted by Crippen LogP contribution is -2.14. The Bertz CT molecular complexity index is 738. The van der Waals surface area contributed by atoms with Crippen LogP contribution in [0.4, 0.5) is 11.4 Å². The first kappa shape index (κ1) is 13.1. The van der Waals surface area contributed by atoms with Crippen molar-refractivity contribution in [3.8, 4) is 12.1 Å². The van der Waals surface area contributed by atoms with E-state index < -0.39 is 5.91 Å². The van der Waals surface area contributed by atoms with Crippen molar-refractivity contribution < 1.29 is 4.79 Å². The Hall–Kier alpha value is -3.38. The quantitative estimate of drug-likeness (QED) is 0.799. The van der Waals surface area contributed by atoms with Gasteiger partial charge in [-0.2, -0.15) is 10.5 Å². The molecule has 1 amide bonds. The van der Waals surface area contributed by atoms with Gasteiger partial charge in [-0.3, -0.25) is 4.79 Å². The average molecular weight is 263 g/mol. The number of nitrogen functional groups attached to an aromatic ring is 1. The van der Waals surface area contributed by atoms with Crippen molar-refractivity contribution in [1.82, 2.24) is 4.98 Å². The number of carbonyl (C=O) groups is 1. The number of nitriles is 2. The number of nitrogens with two attached hydrogens (primary N) is 1. The lowest BCUT2D eigenvalue weighted by atomic mass is 10.1. The summed E-state index contributed by atoms with van der Waals surface area (Å²) in [4.78, 5) is 15.8. The Labute approximate surface area is 115 Å². The SMILES string of the molecule is N#Cc1ccc(C(=O)Nc2ccc(N)cc2C#N)nc1. The first-order valence-corrected chi connectivity index (χ1v) is 5.61. The van der Waals surface area contributed by atoms with Crippen LogP contribution in [-0.2, 0) is 0 Å². The second-order valence-electron chi connectivity index (χ2n) is 3.91. The van der Waals surface area contributed by atoms with Crippen LogP contribution < -0.4 is 11.1 Å². The van der Waals surface area contributed by atoms with Crippen molar-refractivity contribution in [3.05, 3.63) is 53.3 Å². The highest BCUT2D eigenvalue weighted by atomic mass is 16.1. The molecule has 0 unspecified atom stereocenters. The Morgan fingerprint density at radius 3 is 2.60 bits per heavy atom. The van der Waals surface area contributed by atoms with Crippen LogP contribution in [0, 0.1) is 22.7 Å². The zero-order valence-electron chi connectivity index (χ0n) is 10.3. The van der Waals surface area contributed by atoms with Gasteiger partial charge in [0.15, 0.2) is 0 Å². The standard InChI is InChI=1S/C14H9N5O/c15-6-9-1-3-13(18-8-9)14(20)19-12-4-2-11(17)5-10(12)7-16/h1-5,8H,17H2,(H,19,20). The van der Waals surface area contributed by atoms with E-state index in [0.29, 0.717) is 16.9 Å². The molecule has 2 rings (SSSR count). The van der Waals surface area contributed by atoms with Gasteiger partial charge in [-0.05, 0) is 30.3 Å². The van der Waals surface area contributed by atoms with Gasteiger partial charge in [-0.15, -0.1) is 0 Å². The molecule has 20 heavy (non-hydrogen) atoms. The van der Waals surface area contributed by atoms with Gasteiger partial charge in [0.2, 0.25) is 0 Å². The van der Waals surface area contributed by atoms with E-state index in [2.05, 4.69) is 10.3 Å². The van der Waals surface area contributed by atoms with Gasteiger partial charge < -0.3 is 11.1 Å². The predicted octanol–water partition coefficient (Wildman–Crippen LogP) is 1.66. The maximum atomic E-state index is 12.0. The molecule has 0 atom stereocenters. The molecule has 6 nitrogen and oxygen atoms in total. The monoisotopic (exact) mass is 263 g/mol. The Morgan fingerprint density at radius 2 is 2.00 bits per heavy atom. The van der Waals surface area contributed by atoms with Gasteiger partial charge in [0.05, 0.1) is 16.8 Å². The number of nitrogens with zero attached hydrogens (tertiary/aromatic N) is 3. The van der Waals surface area contributed by atoms with Crippen LogP contribution in [0.1, 0.15) is 21.6 Å². The maximum Gasteiger partial charge on any atom is 0.274 e. The third-order valence-electron chi connectivity index (χ3n) is 2.54. The number of rotatable bonds is 2. The molecule has 1 aromatic heterocycles. The molecule has 0 aliphatic carbocycles. The van der Waals surface area contributed by atoms with Crippen LogP contribution in [0.2, 0.25) is 0 Å². The number of nitrogens with one attached hydrogen (secondary N) is 1. The molecular weight excluding hydrogens is 254 g/mol. The summed E-state index contributed by atoms with van der Waals surface area (Å²) in [7, 11) is 0. The van der Waals surface area contributed by atoms with Gasteiger partial charge in [-0.1, -0.05) is 0 Å². The van der Waals surface area contributed by atoms with E-state index in [1.54, 1.807) is 12.1 Å². The van der Waals surface area contributed by atoms with Crippen LogP contribution >= 0.6 is 0 Å². The molecule has 2 aromatic rings. The molecule has 0 fully saturated rings. The maximum absolute atomic E-state index is 12.0. The summed E-state index contributed by atoms with van der Waals surface area (Å²) in [5.41, 5.74) is 7.16. The number of pyridine rings is 1. The average Bonchev–Trinajstić information content (AvgIpc) is 2.49. The lowest BCUT2D eigenvalue weighted by molar-refractivity contribution is 0.102. The molecular formula is C14H9N5O. The molecule has 3 N–H and O–H groups in total. The van der Waals surface area contributed by atoms with Crippen LogP contribution in [0.15, 0.2) is 36.5 Å². The predicted molar refractivity (Wildman–Crippen MR) is 72.5 cm³/mol. The number of hydrogen-bond acceptors (Lipinski definition) is 5. The molecule has 0 aliphatic heterocycles. The number of carbonyl (C=O) groups excluding carboxylic acids is 1. The fraction of sp³-hybridized carbons (Fsp3) is 0. The third kappa shape index (κ3) is 2.71. The van der Waals surface area contributed by atoms with Crippen LogP contribution in [0.3, 0.4) is 0 Å². The summed E-state index contributed by atoms with van der Waals surface area (Å²) in [5, 5.41) is 20.2. The minimum absolute atomic E-state index is 0.157. The highest BCUT2D eigenvalue weighted by Gasteiger charge is 2.10. The van der Waals surface area contributed by atoms with E-state index in [0.717, 1.165) is 0 Å². The summed E-state index contributed by atoms with van der Waals surface area (Å²) in [6.07, 6.45) is 1.31. The van der Waals surface area contributed by atoms with E-state index in [-0.39, 0.29) is 11.3 Å². The zero-order valence-corrected chi connectivity index (χ0v) is 10.3. The van der Waals surface area contributed by atoms with Crippen molar-refractivity contribution in [2.45, 2.75) is 0 Å². The Morgan fingerprint density at radius 1 is 1.20 bits per heavy atom. The Kier molecular flexibility index (Phi) is 3.60. The molecule has 1 aromatic carbocycles. The fourth-order valence-corrected chi connectivity index (χ4v) is 1.54. The fourth-order valence-electron chi connectivity index (χ4n) is 1.54. The van der Waals surface area contributed by atoms with Crippen LogP contribution in [0.25, 0.3) is 0 Å². The normalized spacial score (nSPS) is 9.30. The van der Waals surface area contributed by atoms with E-state index in [9.17, 15) is 4.79 Å². The summed E-state index contributed by atoms with van der Waals surface area (Å²) >= 11 is 0. The smallest absolute Gasteiger partial charge is 0.274 e. The molecule has 6 heteroatoms. The van der Waals surface area contributed by atoms with Crippen molar-refractivity contribution >= 4 is 17.3 Å². The summed E-state index contributed by atoms with van der Waals surface area (Å²) in [6.45, 7) is 0. The largest absolute Gasteiger partial charge is 0.399 e. The third-order valence-corrected chi connectivity index (χ3v) is 2.54. The molecule has 0 saturated heterocycles. The first-order chi connectivity index (χ1) is 9.63. The number of aromatic nitrogens is 1. The highest BCUT2D eigenvalue weighted by molar-refractivity contribution is 6.03. The second kappa shape index (κ2) is 5.51. The van der Waals surface area contributed by atoms with E-state index >= 15 is 0 Å². The summed E-state index contributed by atoms with van der Waals surface area (Å²) < 4.78 is 0. The molecule has 96 valence electrons. The van der Waals surface area contributed by atoms with Crippen molar-refractivity contribution in [1.29, 1.82) is 10.5 Å². The minimum atomic E-state index is -0.462. The summed E-state index contributed by atoms with van der Waals surface area (Å²) in [5.74, 6) is -0.462. The van der Waals surface area contributed by atoms with Gasteiger partial charge in [-0.25, -0.2) is 4.98 Å². The zero-order chi connectivity index (χ0) is 14.5. The van der Waals surface area contributed by atoms with Gasteiger partial charge in [0.25, 0.3) is 5.91 Å². The highest BCUT2D eigenvalue weighted by Crippen LogP contribution is 2.18. The molecule has 1 heterocycles. The van der Waals surface area contributed by atoms with Gasteiger partial charge in [0, 0.05) is 11.9 Å². The van der Waals surface area contributed by atoms with Crippen LogP contribution in [-0.4, -0.2) is 10.9 Å². The number of benzene rings is 1. The van der Waals surface area contributed by atoms with E-state index in [1.165, 1.54) is 24.4 Å². The number of hydrogen-bond donors (Lipinski definition) is 2. The molecule has 0 saturated carbocycles. The topological polar surface area (TPSA) is 116 Å². The molecule has 0 radical (unpaired) electrons. The molecule has 0 spiro atoms. The van der Waals surface area contributed by atoms with Crippen LogP contribution in [0.5, 0.6) is 0 Å². The van der Waals surface area contributed by atoms with Crippen molar-refractivity contribution in [2.24, 2.45) is 0 Å². The minimum Gasteiger partial charge on any atom is -0.399 e. The summed E-state index contributed by atoms with van der Waals surface area (Å²) in [6, 6.07) is 11.4. The van der Waals surface area contributed by atoms with E-state index in [4.69, 9.17) is 16.3 Å². The number of anilines is 2. The van der Waals surface area contributed by atoms with Crippen molar-refractivity contribution in [3.63, 3.8) is 0 Å². The Balaban J connectivity index is 2.24. The van der Waals surface area contributed by atoms with Gasteiger partial charge in [0.1, 0.15) is 17.8 Å². The van der Waals surface area contributed by atoms with Gasteiger partial charge >= 0.3 is 0 Å². The second-order valence-corrected chi connectivity index (χ2v) is 3.91. The molecule has 0 aliphatic rings. The van der Waals surface area contributed by atoms with E-state index in [1.807, 2.05) is 12.1 Å². The molecule has 0 bridgehead atoms. The number of amides is 1. The first-order valence-electron chi connectivity index (χ1n) is 5.61. The van der Waals surface area contributed by atoms with Crippen molar-refractivity contribution in [2.75, 3.05) is 11.1 Å².